The average molecular weight is 385 g/mol. The number of rotatable bonds is 7. The standard InChI is InChI=1S/C19H27N7O2/c20-10-12-5-7-13(8-6-12)11-23-18-17(26(27)28)16(24-19(22)25-18)9-14-3-1-2-4-15(14)21/h1-4,12-13H,5-11,20-21H2,(H3,22,23,24,25). The van der Waals surface area contributed by atoms with Crippen LogP contribution in [0.5, 0.6) is 0 Å². The molecule has 1 aliphatic rings. The highest BCUT2D eigenvalue weighted by Gasteiger charge is 2.26. The maximum Gasteiger partial charge on any atom is 0.333 e. The molecule has 1 heterocycles. The molecular formula is C19H27N7O2. The van der Waals surface area contributed by atoms with Crippen molar-refractivity contribution < 1.29 is 4.92 Å². The van der Waals surface area contributed by atoms with E-state index in [0.29, 0.717) is 24.1 Å². The number of aromatic nitrogens is 2. The second kappa shape index (κ2) is 8.83. The molecule has 0 unspecified atom stereocenters. The van der Waals surface area contributed by atoms with Crippen molar-refractivity contribution in [2.75, 3.05) is 29.9 Å². The molecule has 150 valence electrons. The fraction of sp³-hybridized carbons (Fsp3) is 0.474. The second-order valence-corrected chi connectivity index (χ2v) is 7.36. The molecule has 1 saturated carbocycles. The Hall–Kier alpha value is -2.94. The van der Waals surface area contributed by atoms with Gasteiger partial charge in [0.25, 0.3) is 0 Å². The van der Waals surface area contributed by atoms with Gasteiger partial charge < -0.3 is 22.5 Å². The zero-order chi connectivity index (χ0) is 20.1. The molecule has 1 aromatic heterocycles. The SMILES string of the molecule is NCC1CCC(CNc2nc(N)nc(Cc3ccccc3N)c2[N+](=O)[O-])CC1. The van der Waals surface area contributed by atoms with E-state index >= 15 is 0 Å². The van der Waals surface area contributed by atoms with Gasteiger partial charge in [0.1, 0.15) is 5.69 Å². The molecule has 1 aromatic carbocycles. The smallest absolute Gasteiger partial charge is 0.333 e. The van der Waals surface area contributed by atoms with E-state index < -0.39 is 4.92 Å². The topological polar surface area (TPSA) is 159 Å². The van der Waals surface area contributed by atoms with Gasteiger partial charge in [0, 0.05) is 18.7 Å². The van der Waals surface area contributed by atoms with Crippen molar-refractivity contribution in [2.24, 2.45) is 17.6 Å². The van der Waals surface area contributed by atoms with E-state index in [2.05, 4.69) is 15.3 Å². The molecule has 0 amide bonds. The number of nitrogens with one attached hydrogen (secondary N) is 1. The molecule has 28 heavy (non-hydrogen) atoms. The van der Waals surface area contributed by atoms with Crippen LogP contribution in [-0.4, -0.2) is 28.0 Å². The lowest BCUT2D eigenvalue weighted by molar-refractivity contribution is -0.385. The van der Waals surface area contributed by atoms with Crippen LogP contribution < -0.4 is 22.5 Å². The first kappa shape index (κ1) is 19.8. The molecule has 1 aliphatic carbocycles. The molecule has 3 rings (SSSR count). The molecule has 0 radical (unpaired) electrons. The summed E-state index contributed by atoms with van der Waals surface area (Å²) in [6.07, 6.45) is 4.50. The zero-order valence-electron chi connectivity index (χ0n) is 15.8. The molecule has 9 heteroatoms. The number of nitrogens with zero attached hydrogens (tertiary/aromatic N) is 3. The first-order chi connectivity index (χ1) is 13.5. The van der Waals surface area contributed by atoms with Gasteiger partial charge in [-0.3, -0.25) is 10.1 Å². The number of nitro groups is 1. The first-order valence-electron chi connectivity index (χ1n) is 9.56. The molecule has 9 nitrogen and oxygen atoms in total. The van der Waals surface area contributed by atoms with Crippen molar-refractivity contribution in [1.29, 1.82) is 0 Å². The van der Waals surface area contributed by atoms with Crippen molar-refractivity contribution in [3.8, 4) is 0 Å². The number of nitrogens with two attached hydrogens (primary N) is 3. The van der Waals surface area contributed by atoms with Crippen LogP contribution in [0.1, 0.15) is 36.9 Å². The summed E-state index contributed by atoms with van der Waals surface area (Å²) in [5.41, 5.74) is 19.0. The lowest BCUT2D eigenvalue weighted by Crippen LogP contribution is -2.25. The Morgan fingerprint density at radius 2 is 1.79 bits per heavy atom. The third-order valence-corrected chi connectivity index (χ3v) is 5.43. The third-order valence-electron chi connectivity index (χ3n) is 5.43. The van der Waals surface area contributed by atoms with Gasteiger partial charge in [0.2, 0.25) is 11.8 Å². The van der Waals surface area contributed by atoms with Gasteiger partial charge in [-0.25, -0.2) is 4.98 Å². The molecule has 0 bridgehead atoms. The van der Waals surface area contributed by atoms with Gasteiger partial charge in [-0.1, -0.05) is 18.2 Å². The Balaban J connectivity index is 1.80. The molecule has 7 N–H and O–H groups in total. The summed E-state index contributed by atoms with van der Waals surface area (Å²) in [5.74, 6) is 1.20. The van der Waals surface area contributed by atoms with Crippen molar-refractivity contribution in [3.63, 3.8) is 0 Å². The van der Waals surface area contributed by atoms with Gasteiger partial charge in [-0.2, -0.15) is 4.98 Å². The maximum atomic E-state index is 11.8. The van der Waals surface area contributed by atoms with Crippen LogP contribution in [-0.2, 0) is 6.42 Å². The number of nitrogen functional groups attached to an aromatic ring is 2. The Kier molecular flexibility index (Phi) is 6.25. The molecule has 0 saturated heterocycles. The summed E-state index contributed by atoms with van der Waals surface area (Å²) < 4.78 is 0. The molecule has 1 fully saturated rings. The molecule has 2 aromatic rings. The number of benzene rings is 1. The van der Waals surface area contributed by atoms with Crippen molar-refractivity contribution in [1.82, 2.24) is 9.97 Å². The number of hydrogen-bond acceptors (Lipinski definition) is 8. The molecule has 0 aliphatic heterocycles. The number of hydrogen-bond donors (Lipinski definition) is 4. The lowest BCUT2D eigenvalue weighted by atomic mass is 9.82. The van der Waals surface area contributed by atoms with Gasteiger partial charge in [0.15, 0.2) is 0 Å². The summed E-state index contributed by atoms with van der Waals surface area (Å²) in [6, 6.07) is 7.22. The van der Waals surface area contributed by atoms with E-state index in [9.17, 15) is 10.1 Å². The fourth-order valence-corrected chi connectivity index (χ4v) is 3.75. The van der Waals surface area contributed by atoms with E-state index in [0.717, 1.165) is 37.8 Å². The Labute approximate surface area is 163 Å². The van der Waals surface area contributed by atoms with E-state index in [-0.39, 0.29) is 29.6 Å². The Morgan fingerprint density at radius 1 is 1.11 bits per heavy atom. The van der Waals surface area contributed by atoms with Crippen LogP contribution in [0.3, 0.4) is 0 Å². The summed E-state index contributed by atoms with van der Waals surface area (Å²) in [7, 11) is 0. The first-order valence-corrected chi connectivity index (χ1v) is 9.56. The lowest BCUT2D eigenvalue weighted by Gasteiger charge is -2.27. The Bertz CT molecular complexity index is 835. The van der Waals surface area contributed by atoms with Crippen molar-refractivity contribution in [3.05, 3.63) is 45.6 Å². The Morgan fingerprint density at radius 3 is 2.43 bits per heavy atom. The van der Waals surface area contributed by atoms with E-state index in [1.54, 1.807) is 6.07 Å². The number of para-hydroxylation sites is 1. The number of anilines is 3. The minimum Gasteiger partial charge on any atom is -0.398 e. The molecule has 0 atom stereocenters. The van der Waals surface area contributed by atoms with Gasteiger partial charge in [0.05, 0.1) is 4.92 Å². The summed E-state index contributed by atoms with van der Waals surface area (Å²) >= 11 is 0. The summed E-state index contributed by atoms with van der Waals surface area (Å²) in [6.45, 7) is 1.33. The van der Waals surface area contributed by atoms with E-state index in [4.69, 9.17) is 17.2 Å². The normalized spacial score (nSPS) is 19.3. The van der Waals surface area contributed by atoms with Crippen LogP contribution in [0.15, 0.2) is 24.3 Å². The monoisotopic (exact) mass is 385 g/mol. The van der Waals surface area contributed by atoms with Gasteiger partial charge >= 0.3 is 5.69 Å². The van der Waals surface area contributed by atoms with Crippen molar-refractivity contribution in [2.45, 2.75) is 32.1 Å². The van der Waals surface area contributed by atoms with Crippen LogP contribution in [0.4, 0.5) is 23.1 Å². The highest BCUT2D eigenvalue weighted by atomic mass is 16.6. The third kappa shape index (κ3) is 4.66. The van der Waals surface area contributed by atoms with Crippen LogP contribution >= 0.6 is 0 Å². The van der Waals surface area contributed by atoms with E-state index in [1.807, 2.05) is 18.2 Å². The van der Waals surface area contributed by atoms with Gasteiger partial charge in [-0.15, -0.1) is 0 Å². The molecule has 0 spiro atoms. The highest BCUT2D eigenvalue weighted by molar-refractivity contribution is 5.62. The summed E-state index contributed by atoms with van der Waals surface area (Å²) in [5, 5.41) is 14.9. The van der Waals surface area contributed by atoms with Crippen LogP contribution in [0.25, 0.3) is 0 Å². The van der Waals surface area contributed by atoms with Crippen molar-refractivity contribution >= 4 is 23.1 Å². The second-order valence-electron chi connectivity index (χ2n) is 7.36. The van der Waals surface area contributed by atoms with E-state index in [1.165, 1.54) is 0 Å². The highest BCUT2D eigenvalue weighted by Crippen LogP contribution is 2.32. The maximum absolute atomic E-state index is 11.8. The predicted molar refractivity (Wildman–Crippen MR) is 110 cm³/mol. The predicted octanol–water partition coefficient (Wildman–Crippen LogP) is 2.32. The zero-order valence-corrected chi connectivity index (χ0v) is 15.8. The quantitative estimate of drug-likeness (QED) is 0.321. The largest absolute Gasteiger partial charge is 0.398 e. The minimum atomic E-state index is -0.457. The van der Waals surface area contributed by atoms with Gasteiger partial charge in [-0.05, 0) is 55.7 Å². The van der Waals surface area contributed by atoms with Crippen LogP contribution in [0, 0.1) is 22.0 Å². The van der Waals surface area contributed by atoms with Crippen LogP contribution in [0.2, 0.25) is 0 Å². The average Bonchev–Trinajstić information content (AvgIpc) is 2.68. The molecular weight excluding hydrogens is 358 g/mol. The summed E-state index contributed by atoms with van der Waals surface area (Å²) in [4.78, 5) is 19.5. The fourth-order valence-electron chi connectivity index (χ4n) is 3.75. The minimum absolute atomic E-state index is 0.00411.